The quantitative estimate of drug-likeness (QED) is 0.456. The summed E-state index contributed by atoms with van der Waals surface area (Å²) >= 11 is 0. The van der Waals surface area contributed by atoms with E-state index in [0.29, 0.717) is 50.2 Å². The van der Waals surface area contributed by atoms with Gasteiger partial charge in [-0.2, -0.15) is 0 Å². The molecule has 2 unspecified atom stereocenters. The molecule has 5 rings (SSSR count). The fraction of sp³-hybridized carbons (Fsp3) is 0.515. The molecule has 42 heavy (non-hydrogen) atoms. The molecule has 2 aromatic rings. The molecule has 1 N–H and O–H groups in total. The Balaban J connectivity index is 1.28. The number of amides is 2. The van der Waals surface area contributed by atoms with Crippen LogP contribution in [0.4, 0.5) is 9.18 Å². The molecule has 0 saturated carbocycles. The van der Waals surface area contributed by atoms with E-state index in [0.717, 1.165) is 11.1 Å². The Kier molecular flexibility index (Phi) is 8.89. The Labute approximate surface area is 247 Å². The predicted octanol–water partition coefficient (Wildman–Crippen LogP) is 5.64. The number of morpholine rings is 1. The van der Waals surface area contributed by atoms with Gasteiger partial charge in [-0.1, -0.05) is 42.5 Å². The van der Waals surface area contributed by atoms with E-state index in [4.69, 9.17) is 18.9 Å². The van der Waals surface area contributed by atoms with Crippen LogP contribution in [0.2, 0.25) is 0 Å². The minimum absolute atomic E-state index is 0.000557. The lowest BCUT2D eigenvalue weighted by atomic mass is 9.88. The van der Waals surface area contributed by atoms with Crippen molar-refractivity contribution < 1.29 is 32.9 Å². The first kappa shape index (κ1) is 30.0. The Morgan fingerprint density at radius 1 is 1.17 bits per heavy atom. The topological polar surface area (TPSA) is 86.3 Å². The van der Waals surface area contributed by atoms with Gasteiger partial charge in [0.25, 0.3) is 0 Å². The largest absolute Gasteiger partial charge is 0.488 e. The SMILES string of the molecule is C[C@@H]1CC2(COCC(=O)N2)C(CO[C@H]2CC=C(c3c(F)cccc3OCc3ccccc3)CC2)N1C(=O)OC(C)(C)C. The Morgan fingerprint density at radius 2 is 1.95 bits per heavy atom. The van der Waals surface area contributed by atoms with Crippen LogP contribution in [0.5, 0.6) is 5.75 Å². The standard InChI is InChI=1S/C33H41FN2O6/c1-22-17-33(21-39-20-29(37)35-33)28(36(22)31(38)42-32(2,3)4)19-40-25-15-13-24(14-16-25)30-26(34)11-8-12-27(30)41-18-23-9-6-5-7-10-23/h5-13,22,25,28H,14-21H2,1-4H3,(H,35,37)/t22-,25+,28?,33?/m1/s1. The highest BCUT2D eigenvalue weighted by molar-refractivity contribution is 5.79. The highest BCUT2D eigenvalue weighted by atomic mass is 19.1. The minimum Gasteiger partial charge on any atom is -0.488 e. The van der Waals surface area contributed by atoms with Gasteiger partial charge in [0, 0.05) is 6.04 Å². The van der Waals surface area contributed by atoms with Crippen molar-refractivity contribution in [3.05, 3.63) is 71.6 Å². The molecule has 1 aliphatic carbocycles. The van der Waals surface area contributed by atoms with Gasteiger partial charge >= 0.3 is 6.09 Å². The van der Waals surface area contributed by atoms with Gasteiger partial charge in [-0.3, -0.25) is 9.69 Å². The van der Waals surface area contributed by atoms with Crippen LogP contribution in [0.15, 0.2) is 54.6 Å². The third-order valence-corrected chi connectivity index (χ3v) is 8.08. The van der Waals surface area contributed by atoms with Gasteiger partial charge in [0.05, 0.1) is 36.5 Å². The monoisotopic (exact) mass is 580 g/mol. The van der Waals surface area contributed by atoms with Crippen molar-refractivity contribution in [1.82, 2.24) is 10.2 Å². The number of hydrogen-bond donors (Lipinski definition) is 1. The average Bonchev–Trinajstić information content (AvgIpc) is 3.20. The minimum atomic E-state index is -0.751. The molecule has 2 amide bonds. The lowest BCUT2D eigenvalue weighted by molar-refractivity contribution is -0.137. The summed E-state index contributed by atoms with van der Waals surface area (Å²) in [6.07, 6.45) is 3.90. The molecule has 0 bridgehead atoms. The number of nitrogens with zero attached hydrogens (tertiary/aromatic N) is 1. The summed E-state index contributed by atoms with van der Waals surface area (Å²) in [6.45, 7) is 8.31. The van der Waals surface area contributed by atoms with Gasteiger partial charge in [0.15, 0.2) is 0 Å². The van der Waals surface area contributed by atoms with E-state index in [-0.39, 0.29) is 37.1 Å². The van der Waals surface area contributed by atoms with Crippen LogP contribution < -0.4 is 10.1 Å². The molecule has 9 heteroatoms. The number of carbonyl (C=O) groups is 2. The first-order valence-corrected chi connectivity index (χ1v) is 14.7. The lowest BCUT2D eigenvalue weighted by Gasteiger charge is -2.41. The maximum Gasteiger partial charge on any atom is 0.410 e. The van der Waals surface area contributed by atoms with E-state index in [9.17, 15) is 9.59 Å². The van der Waals surface area contributed by atoms with Crippen LogP contribution in [-0.4, -0.2) is 66.0 Å². The number of halogens is 1. The molecule has 8 nitrogen and oxygen atoms in total. The van der Waals surface area contributed by atoms with E-state index in [2.05, 4.69) is 5.32 Å². The van der Waals surface area contributed by atoms with Crippen LogP contribution >= 0.6 is 0 Å². The van der Waals surface area contributed by atoms with Crippen LogP contribution in [0.25, 0.3) is 5.57 Å². The molecule has 2 saturated heterocycles. The van der Waals surface area contributed by atoms with Crippen LogP contribution in [0.1, 0.15) is 64.5 Å². The first-order chi connectivity index (χ1) is 20.0. The van der Waals surface area contributed by atoms with Crippen molar-refractivity contribution in [1.29, 1.82) is 0 Å². The van der Waals surface area contributed by atoms with Crippen LogP contribution in [0, 0.1) is 5.82 Å². The van der Waals surface area contributed by atoms with Gasteiger partial charge in [-0.25, -0.2) is 9.18 Å². The molecule has 2 fully saturated rings. The fourth-order valence-corrected chi connectivity index (χ4v) is 6.25. The van der Waals surface area contributed by atoms with Crippen molar-refractivity contribution >= 4 is 17.6 Å². The van der Waals surface area contributed by atoms with Crippen molar-refractivity contribution in [3.8, 4) is 5.75 Å². The summed E-state index contributed by atoms with van der Waals surface area (Å²) in [5.74, 6) is 0.00594. The zero-order chi connectivity index (χ0) is 29.9. The van der Waals surface area contributed by atoms with E-state index in [1.54, 1.807) is 17.0 Å². The second kappa shape index (κ2) is 12.4. The smallest absolute Gasteiger partial charge is 0.410 e. The van der Waals surface area contributed by atoms with Gasteiger partial charge < -0.3 is 24.3 Å². The third-order valence-electron chi connectivity index (χ3n) is 8.08. The van der Waals surface area contributed by atoms with E-state index in [1.165, 1.54) is 6.07 Å². The predicted molar refractivity (Wildman–Crippen MR) is 156 cm³/mol. The zero-order valence-corrected chi connectivity index (χ0v) is 24.9. The Hall–Kier alpha value is -3.43. The van der Waals surface area contributed by atoms with Crippen LogP contribution in [0.3, 0.4) is 0 Å². The second-order valence-corrected chi connectivity index (χ2v) is 12.5. The molecule has 226 valence electrons. The summed E-state index contributed by atoms with van der Waals surface area (Å²) in [7, 11) is 0. The number of rotatable bonds is 7. The van der Waals surface area contributed by atoms with Crippen molar-refractivity contribution in [3.63, 3.8) is 0 Å². The van der Waals surface area contributed by atoms with Gasteiger partial charge in [0.1, 0.15) is 30.4 Å². The van der Waals surface area contributed by atoms with Crippen molar-refractivity contribution in [2.24, 2.45) is 0 Å². The molecule has 2 aliphatic heterocycles. The third kappa shape index (κ3) is 6.79. The highest BCUT2D eigenvalue weighted by Crippen LogP contribution is 2.39. The molecule has 0 aromatic heterocycles. The normalized spacial score (nSPS) is 26.1. The molecule has 2 heterocycles. The molecular formula is C33H41FN2O6. The number of nitrogens with one attached hydrogen (secondary N) is 1. The van der Waals surface area contributed by atoms with Crippen LogP contribution in [-0.2, 0) is 25.6 Å². The summed E-state index contributed by atoms with van der Waals surface area (Å²) in [6, 6.07) is 14.1. The number of benzene rings is 2. The fourth-order valence-electron chi connectivity index (χ4n) is 6.25. The average molecular weight is 581 g/mol. The number of allylic oxidation sites excluding steroid dienone is 1. The summed E-state index contributed by atoms with van der Waals surface area (Å²) in [5.41, 5.74) is 0.988. The van der Waals surface area contributed by atoms with Gasteiger partial charge in [0.2, 0.25) is 5.91 Å². The second-order valence-electron chi connectivity index (χ2n) is 12.5. The Bertz CT molecular complexity index is 1310. The molecule has 0 radical (unpaired) electrons. The summed E-state index contributed by atoms with van der Waals surface area (Å²) in [5, 5.41) is 3.11. The summed E-state index contributed by atoms with van der Waals surface area (Å²) < 4.78 is 38.9. The van der Waals surface area contributed by atoms with E-state index < -0.39 is 23.3 Å². The zero-order valence-electron chi connectivity index (χ0n) is 24.9. The maximum atomic E-state index is 15.1. The number of carbonyl (C=O) groups excluding carboxylic acids is 2. The number of likely N-dealkylation sites (tertiary alicyclic amines) is 1. The Morgan fingerprint density at radius 3 is 2.64 bits per heavy atom. The van der Waals surface area contributed by atoms with Gasteiger partial charge in [-0.05, 0) is 76.6 Å². The highest BCUT2D eigenvalue weighted by Gasteiger charge is 2.56. The lowest BCUT2D eigenvalue weighted by Crippen LogP contribution is -2.65. The maximum absolute atomic E-state index is 15.1. The summed E-state index contributed by atoms with van der Waals surface area (Å²) in [4.78, 5) is 27.4. The first-order valence-electron chi connectivity index (χ1n) is 14.7. The van der Waals surface area contributed by atoms with Gasteiger partial charge in [-0.15, -0.1) is 0 Å². The number of ether oxygens (including phenoxy) is 4. The van der Waals surface area contributed by atoms with E-state index >= 15 is 4.39 Å². The van der Waals surface area contributed by atoms with E-state index in [1.807, 2.05) is 64.1 Å². The molecule has 4 atom stereocenters. The number of hydrogen-bond acceptors (Lipinski definition) is 6. The van der Waals surface area contributed by atoms with Crippen molar-refractivity contribution in [2.45, 2.75) is 89.3 Å². The molecule has 2 aromatic carbocycles. The molecular weight excluding hydrogens is 539 g/mol. The van der Waals surface area contributed by atoms with Crippen molar-refractivity contribution in [2.75, 3.05) is 19.8 Å². The molecule has 1 spiro atoms. The molecule has 3 aliphatic rings.